The molecule has 12 heteroatoms. The lowest BCUT2D eigenvalue weighted by atomic mass is 10.1. The first-order chi connectivity index (χ1) is 16.0. The van der Waals surface area contributed by atoms with Crippen LogP contribution in [0, 0.1) is 6.92 Å². The summed E-state index contributed by atoms with van der Waals surface area (Å²) in [4.78, 5) is 25.7. The summed E-state index contributed by atoms with van der Waals surface area (Å²) in [6.07, 6.45) is -2.55. The number of nitrogens with zero attached hydrogens (tertiary/aromatic N) is 4. The lowest BCUT2D eigenvalue weighted by Gasteiger charge is -2.26. The van der Waals surface area contributed by atoms with E-state index in [0.29, 0.717) is 23.6 Å². The average Bonchev–Trinajstić information content (AvgIpc) is 3.14. The molecule has 0 saturated heterocycles. The Bertz CT molecular complexity index is 1130. The summed E-state index contributed by atoms with van der Waals surface area (Å²) in [5.74, 6) is -0.516. The molecule has 9 nitrogen and oxygen atoms in total. The average molecular weight is 481 g/mol. The van der Waals surface area contributed by atoms with Crippen LogP contribution in [0.25, 0.3) is 11.0 Å². The van der Waals surface area contributed by atoms with E-state index in [2.05, 4.69) is 25.0 Å². The normalized spacial score (nSPS) is 14.6. The number of hydrogen-bond acceptors (Lipinski definition) is 7. The van der Waals surface area contributed by atoms with Crippen molar-refractivity contribution in [2.24, 2.45) is 0 Å². The van der Waals surface area contributed by atoms with Gasteiger partial charge in [-0.3, -0.25) is 9.78 Å². The summed E-state index contributed by atoms with van der Waals surface area (Å²) in [7, 11) is 3.02. The summed E-state index contributed by atoms with van der Waals surface area (Å²) < 4.78 is 54.8. The van der Waals surface area contributed by atoms with Crippen molar-refractivity contribution in [3.63, 3.8) is 0 Å². The summed E-state index contributed by atoms with van der Waals surface area (Å²) in [5.41, 5.74) is 1.57. The van der Waals surface area contributed by atoms with Gasteiger partial charge in [-0.1, -0.05) is 0 Å². The monoisotopic (exact) mass is 481 g/mol. The van der Waals surface area contributed by atoms with E-state index in [9.17, 15) is 18.0 Å². The molecule has 2 aromatic heterocycles. The van der Waals surface area contributed by atoms with Crippen molar-refractivity contribution in [3.8, 4) is 5.75 Å². The number of imidazole rings is 1. The molecule has 0 spiro atoms. The number of aromatic nitrogens is 4. The molecule has 2 heterocycles. The topological polar surface area (TPSA) is 100 Å². The molecule has 1 aromatic carbocycles. The van der Waals surface area contributed by atoms with Crippen molar-refractivity contribution in [1.82, 2.24) is 24.8 Å². The molecule has 0 aliphatic carbocycles. The number of halogens is 3. The van der Waals surface area contributed by atoms with Crippen molar-refractivity contribution in [2.75, 3.05) is 20.8 Å². The van der Waals surface area contributed by atoms with E-state index in [1.807, 2.05) is 6.92 Å². The summed E-state index contributed by atoms with van der Waals surface area (Å²) >= 11 is 0. The highest BCUT2D eigenvalue weighted by Crippen LogP contribution is 2.32. The molecule has 0 aliphatic rings. The van der Waals surface area contributed by atoms with Gasteiger partial charge in [-0.2, -0.15) is 0 Å². The van der Waals surface area contributed by atoms with Gasteiger partial charge in [0.25, 0.3) is 5.91 Å². The Hall–Kier alpha value is -3.25. The Morgan fingerprint density at radius 2 is 1.91 bits per heavy atom. The third kappa shape index (κ3) is 5.81. The Labute approximate surface area is 194 Å². The first-order valence-corrected chi connectivity index (χ1v) is 10.4. The van der Waals surface area contributed by atoms with Gasteiger partial charge in [-0.15, -0.1) is 13.2 Å². The number of rotatable bonds is 9. The van der Waals surface area contributed by atoms with E-state index in [4.69, 9.17) is 9.47 Å². The third-order valence-electron chi connectivity index (χ3n) is 5.19. The number of amides is 1. The fourth-order valence-corrected chi connectivity index (χ4v) is 3.55. The maximum absolute atomic E-state index is 12.9. The van der Waals surface area contributed by atoms with Crippen molar-refractivity contribution in [3.05, 3.63) is 47.8 Å². The third-order valence-corrected chi connectivity index (χ3v) is 5.19. The molecular formula is C22H26F3N5O4. The van der Waals surface area contributed by atoms with Crippen LogP contribution in [-0.2, 0) is 9.47 Å². The second-order valence-corrected chi connectivity index (χ2v) is 7.78. The van der Waals surface area contributed by atoms with E-state index in [-0.39, 0.29) is 17.3 Å². The number of hydrogen-bond donors (Lipinski definition) is 1. The fourth-order valence-electron chi connectivity index (χ4n) is 3.55. The standard InChI is InChI=1S/C22H26F3N5O4/c1-12-9-27-17(10-26-12)21(31)29-19(14(3)33-5)20-28-16-8-15(34-22(23,24)25)6-7-18(16)30(20)13(2)11-32-4/h6-10,13-14,19H,11H2,1-5H3,(H,29,31)/t13-,14-,19+/m1/s1. The number of carbonyl (C=O) groups is 1. The fraction of sp³-hybridized carbons (Fsp3) is 0.455. The smallest absolute Gasteiger partial charge is 0.406 e. The maximum atomic E-state index is 12.9. The van der Waals surface area contributed by atoms with Crippen molar-refractivity contribution < 1.29 is 32.2 Å². The van der Waals surface area contributed by atoms with Crippen LogP contribution in [0.1, 0.15) is 47.9 Å². The van der Waals surface area contributed by atoms with E-state index < -0.39 is 30.2 Å². The molecule has 1 amide bonds. The van der Waals surface area contributed by atoms with Gasteiger partial charge >= 0.3 is 6.36 Å². The Morgan fingerprint density at radius 3 is 2.50 bits per heavy atom. The molecule has 0 saturated carbocycles. The Kier molecular flexibility index (Phi) is 7.72. The molecule has 1 N–H and O–H groups in total. The molecule has 0 bridgehead atoms. The quantitative estimate of drug-likeness (QED) is 0.497. The lowest BCUT2D eigenvalue weighted by Crippen LogP contribution is -2.38. The first-order valence-electron chi connectivity index (χ1n) is 10.4. The van der Waals surface area contributed by atoms with E-state index in [0.717, 1.165) is 0 Å². The van der Waals surface area contributed by atoms with Crippen molar-refractivity contribution in [2.45, 2.75) is 45.3 Å². The van der Waals surface area contributed by atoms with Crippen LogP contribution in [-0.4, -0.2) is 58.7 Å². The van der Waals surface area contributed by atoms with E-state index in [1.165, 1.54) is 44.8 Å². The minimum absolute atomic E-state index is 0.104. The van der Waals surface area contributed by atoms with Crippen LogP contribution < -0.4 is 10.1 Å². The molecule has 0 unspecified atom stereocenters. The summed E-state index contributed by atoms with van der Waals surface area (Å²) in [6.45, 7) is 5.66. The van der Waals surface area contributed by atoms with Gasteiger partial charge < -0.3 is 24.1 Å². The van der Waals surface area contributed by atoms with Crippen LogP contribution in [0.3, 0.4) is 0 Å². The van der Waals surface area contributed by atoms with Crippen LogP contribution in [0.2, 0.25) is 0 Å². The summed E-state index contributed by atoms with van der Waals surface area (Å²) in [6, 6.07) is 2.87. The van der Waals surface area contributed by atoms with E-state index >= 15 is 0 Å². The number of alkyl halides is 3. The zero-order valence-corrected chi connectivity index (χ0v) is 19.4. The number of aryl methyl sites for hydroxylation is 1. The number of fused-ring (bicyclic) bond motifs is 1. The number of ether oxygens (including phenoxy) is 3. The summed E-state index contributed by atoms with van der Waals surface area (Å²) in [5, 5.41) is 2.87. The van der Waals surface area contributed by atoms with Crippen LogP contribution in [0.15, 0.2) is 30.6 Å². The van der Waals surface area contributed by atoms with Crippen molar-refractivity contribution >= 4 is 16.9 Å². The van der Waals surface area contributed by atoms with Gasteiger partial charge in [0.15, 0.2) is 0 Å². The molecule has 0 aliphatic heterocycles. The number of methoxy groups -OCH3 is 2. The second kappa shape index (κ2) is 10.3. The SMILES string of the molecule is COC[C@@H](C)n1c([C@@H](NC(=O)c2cnc(C)cn2)[C@@H](C)OC)nc2cc(OC(F)(F)F)ccc21. The van der Waals surface area contributed by atoms with E-state index in [1.54, 1.807) is 18.4 Å². The van der Waals surface area contributed by atoms with Crippen molar-refractivity contribution in [1.29, 1.82) is 0 Å². The predicted molar refractivity (Wildman–Crippen MR) is 116 cm³/mol. The number of carbonyl (C=O) groups excluding carboxylic acids is 1. The van der Waals surface area contributed by atoms with Gasteiger partial charge in [0.05, 0.1) is 41.7 Å². The molecule has 0 radical (unpaired) electrons. The zero-order valence-electron chi connectivity index (χ0n) is 19.4. The largest absolute Gasteiger partial charge is 0.573 e. The van der Waals surface area contributed by atoms with Gasteiger partial charge in [0.2, 0.25) is 0 Å². The maximum Gasteiger partial charge on any atom is 0.573 e. The highest BCUT2D eigenvalue weighted by molar-refractivity contribution is 5.92. The minimum Gasteiger partial charge on any atom is -0.406 e. The molecule has 3 aromatic rings. The molecule has 34 heavy (non-hydrogen) atoms. The molecular weight excluding hydrogens is 455 g/mol. The number of nitrogens with one attached hydrogen (secondary N) is 1. The first kappa shape index (κ1) is 25.4. The molecule has 184 valence electrons. The van der Waals surface area contributed by atoms with Gasteiger partial charge in [-0.05, 0) is 32.9 Å². The van der Waals surface area contributed by atoms with Crippen LogP contribution >= 0.6 is 0 Å². The highest BCUT2D eigenvalue weighted by atomic mass is 19.4. The predicted octanol–water partition coefficient (Wildman–Crippen LogP) is 3.75. The second-order valence-electron chi connectivity index (χ2n) is 7.78. The lowest BCUT2D eigenvalue weighted by molar-refractivity contribution is -0.274. The van der Waals surface area contributed by atoms with Gasteiger partial charge in [-0.25, -0.2) is 9.97 Å². The number of benzene rings is 1. The Morgan fingerprint density at radius 1 is 1.18 bits per heavy atom. The zero-order chi connectivity index (χ0) is 25.0. The van der Waals surface area contributed by atoms with Gasteiger partial charge in [0.1, 0.15) is 23.3 Å². The van der Waals surface area contributed by atoms with Crippen LogP contribution in [0.5, 0.6) is 5.75 Å². The van der Waals surface area contributed by atoms with Gasteiger partial charge in [0, 0.05) is 26.5 Å². The molecule has 3 atom stereocenters. The minimum atomic E-state index is -4.83. The highest BCUT2D eigenvalue weighted by Gasteiger charge is 2.33. The molecule has 3 rings (SSSR count). The molecule has 0 fully saturated rings. The van der Waals surface area contributed by atoms with Crippen LogP contribution in [0.4, 0.5) is 13.2 Å². The Balaban J connectivity index is 2.09.